The van der Waals surface area contributed by atoms with Gasteiger partial charge in [0.1, 0.15) is 10.8 Å². The second-order valence-corrected chi connectivity index (χ2v) is 6.23. The van der Waals surface area contributed by atoms with Crippen LogP contribution in [0.4, 0.5) is 18.9 Å². The molecule has 0 bridgehead atoms. The molecule has 0 fully saturated rings. The Hall–Kier alpha value is -1.99. The second kappa shape index (κ2) is 8.14. The third-order valence-electron chi connectivity index (χ3n) is 3.56. The predicted molar refractivity (Wildman–Crippen MR) is 97.0 cm³/mol. The molecule has 2 rings (SSSR count). The van der Waals surface area contributed by atoms with Crippen molar-refractivity contribution in [3.05, 3.63) is 45.6 Å². The van der Waals surface area contributed by atoms with Crippen molar-refractivity contribution < 1.29 is 17.9 Å². The summed E-state index contributed by atoms with van der Waals surface area (Å²) in [6.45, 7) is 4.48. The molecule has 26 heavy (non-hydrogen) atoms. The van der Waals surface area contributed by atoms with Crippen molar-refractivity contribution in [2.75, 3.05) is 13.6 Å². The highest BCUT2D eigenvalue weighted by Crippen LogP contribution is 2.39. The van der Waals surface area contributed by atoms with E-state index >= 15 is 0 Å². The number of pyridine rings is 1. The van der Waals surface area contributed by atoms with Crippen molar-refractivity contribution in [2.24, 2.45) is 4.99 Å². The summed E-state index contributed by atoms with van der Waals surface area (Å²) in [5, 5.41) is -0.243. The summed E-state index contributed by atoms with van der Waals surface area (Å²) in [5.41, 5.74) is 0.144. The highest BCUT2D eigenvalue weighted by molar-refractivity contribution is 6.33. The van der Waals surface area contributed by atoms with Gasteiger partial charge in [-0.3, -0.25) is 0 Å². The molecule has 0 aliphatic carbocycles. The molecule has 0 N–H and O–H groups in total. The van der Waals surface area contributed by atoms with Gasteiger partial charge in [0, 0.05) is 19.2 Å². The molecule has 0 amide bonds. The molecular formula is C17H16Cl2F3N3O. The molecule has 9 heteroatoms. The van der Waals surface area contributed by atoms with E-state index in [1.165, 1.54) is 12.3 Å². The van der Waals surface area contributed by atoms with Gasteiger partial charge in [-0.15, -0.1) is 0 Å². The summed E-state index contributed by atoms with van der Waals surface area (Å²) < 4.78 is 44.2. The minimum atomic E-state index is -4.59. The van der Waals surface area contributed by atoms with E-state index in [-0.39, 0.29) is 16.7 Å². The molecule has 0 aliphatic rings. The lowest BCUT2D eigenvalue weighted by molar-refractivity contribution is -0.137. The van der Waals surface area contributed by atoms with Gasteiger partial charge in [-0.2, -0.15) is 13.2 Å². The Bertz CT molecular complexity index is 826. The van der Waals surface area contributed by atoms with Gasteiger partial charge < -0.3 is 9.64 Å². The average molecular weight is 406 g/mol. The van der Waals surface area contributed by atoms with Crippen LogP contribution in [0.15, 0.2) is 29.4 Å². The fourth-order valence-electron chi connectivity index (χ4n) is 1.89. The lowest BCUT2D eigenvalue weighted by atomic mass is 10.2. The van der Waals surface area contributed by atoms with Crippen LogP contribution >= 0.6 is 23.2 Å². The first-order valence-electron chi connectivity index (χ1n) is 7.57. The average Bonchev–Trinajstić information content (AvgIpc) is 2.58. The van der Waals surface area contributed by atoms with E-state index < -0.39 is 16.8 Å². The van der Waals surface area contributed by atoms with E-state index in [1.54, 1.807) is 13.3 Å². The Morgan fingerprint density at radius 2 is 2.00 bits per heavy atom. The fraction of sp³-hybridized carbons (Fsp3) is 0.294. The van der Waals surface area contributed by atoms with Gasteiger partial charge in [0.15, 0.2) is 0 Å². The normalized spacial score (nSPS) is 11.8. The van der Waals surface area contributed by atoms with Gasteiger partial charge >= 0.3 is 6.18 Å². The molecular weight excluding hydrogens is 390 g/mol. The van der Waals surface area contributed by atoms with Crippen LogP contribution in [0, 0.1) is 6.92 Å². The largest absolute Gasteiger partial charge is 0.438 e. The minimum absolute atomic E-state index is 0.0117. The van der Waals surface area contributed by atoms with Gasteiger partial charge in [-0.05, 0) is 32.0 Å². The Kier molecular flexibility index (Phi) is 6.36. The maximum atomic E-state index is 12.9. The van der Waals surface area contributed by atoms with Crippen LogP contribution in [0.2, 0.25) is 10.0 Å². The van der Waals surface area contributed by atoms with E-state index in [1.807, 2.05) is 18.9 Å². The zero-order valence-corrected chi connectivity index (χ0v) is 15.7. The Balaban J connectivity index is 2.31. The number of rotatable bonds is 5. The highest BCUT2D eigenvalue weighted by atomic mass is 35.5. The van der Waals surface area contributed by atoms with E-state index in [9.17, 15) is 13.2 Å². The second-order valence-electron chi connectivity index (χ2n) is 5.45. The molecule has 2 aromatic rings. The summed E-state index contributed by atoms with van der Waals surface area (Å²) in [5.74, 6) is -0.0834. The number of ether oxygens (including phenoxy) is 1. The number of nitrogens with zero attached hydrogens (tertiary/aromatic N) is 3. The van der Waals surface area contributed by atoms with Crippen LogP contribution < -0.4 is 4.74 Å². The molecule has 4 nitrogen and oxygen atoms in total. The van der Waals surface area contributed by atoms with Crippen LogP contribution in [0.3, 0.4) is 0 Å². The third-order valence-corrected chi connectivity index (χ3v) is 4.33. The molecule has 0 saturated carbocycles. The Morgan fingerprint density at radius 1 is 1.31 bits per heavy atom. The van der Waals surface area contributed by atoms with E-state index in [2.05, 4.69) is 9.98 Å². The standard InChI is InChI=1S/C17H16Cl2F3N3O/c1-4-25(3)9-24-14-8-23-16(15(19)10(14)2)26-11-5-6-13(18)12(7-11)17(20,21)22/h5-9H,4H2,1-3H3. The number of halogens is 5. The van der Waals surface area contributed by atoms with Gasteiger partial charge in [0.05, 0.1) is 28.8 Å². The van der Waals surface area contributed by atoms with Crippen molar-refractivity contribution in [3.8, 4) is 11.6 Å². The van der Waals surface area contributed by atoms with Crippen molar-refractivity contribution in [1.82, 2.24) is 9.88 Å². The molecule has 1 aromatic carbocycles. The van der Waals surface area contributed by atoms with Crippen LogP contribution in [0.5, 0.6) is 11.6 Å². The first-order chi connectivity index (χ1) is 12.1. The molecule has 0 radical (unpaired) electrons. The zero-order valence-electron chi connectivity index (χ0n) is 14.2. The van der Waals surface area contributed by atoms with Crippen molar-refractivity contribution in [1.29, 1.82) is 0 Å². The number of aromatic nitrogens is 1. The van der Waals surface area contributed by atoms with Crippen LogP contribution in [-0.4, -0.2) is 29.8 Å². The summed E-state index contributed by atoms with van der Waals surface area (Å²) in [6.07, 6.45) is -1.51. The molecule has 0 spiro atoms. The maximum Gasteiger partial charge on any atom is 0.417 e. The minimum Gasteiger partial charge on any atom is -0.438 e. The van der Waals surface area contributed by atoms with Crippen LogP contribution in [-0.2, 0) is 6.18 Å². The molecule has 0 saturated heterocycles. The van der Waals surface area contributed by atoms with Crippen LogP contribution in [0.25, 0.3) is 0 Å². The quantitative estimate of drug-likeness (QED) is 0.444. The molecule has 0 atom stereocenters. The monoisotopic (exact) mass is 405 g/mol. The van der Waals surface area contributed by atoms with Crippen LogP contribution in [0.1, 0.15) is 18.1 Å². The molecule has 1 heterocycles. The third kappa shape index (κ3) is 4.80. The van der Waals surface area contributed by atoms with E-state index in [0.717, 1.165) is 18.7 Å². The summed E-state index contributed by atoms with van der Waals surface area (Å²) >= 11 is 11.8. The maximum absolute atomic E-state index is 12.9. The fourth-order valence-corrected chi connectivity index (χ4v) is 2.30. The first-order valence-corrected chi connectivity index (χ1v) is 8.33. The van der Waals surface area contributed by atoms with E-state index in [0.29, 0.717) is 11.3 Å². The van der Waals surface area contributed by atoms with E-state index in [4.69, 9.17) is 27.9 Å². The predicted octanol–water partition coefficient (Wildman–Crippen LogP) is 6.12. The van der Waals surface area contributed by atoms with Gasteiger partial charge in [-0.25, -0.2) is 9.98 Å². The molecule has 0 aliphatic heterocycles. The lowest BCUT2D eigenvalue weighted by Gasteiger charge is -2.13. The summed E-state index contributed by atoms with van der Waals surface area (Å²) in [7, 11) is 1.87. The molecule has 140 valence electrons. The number of aliphatic imine (C=N–C) groups is 1. The lowest BCUT2D eigenvalue weighted by Crippen LogP contribution is -2.14. The smallest absolute Gasteiger partial charge is 0.417 e. The highest BCUT2D eigenvalue weighted by Gasteiger charge is 2.33. The molecule has 0 unspecified atom stereocenters. The van der Waals surface area contributed by atoms with Crippen molar-refractivity contribution in [2.45, 2.75) is 20.0 Å². The van der Waals surface area contributed by atoms with Gasteiger partial charge in [-0.1, -0.05) is 23.2 Å². The summed E-state index contributed by atoms with van der Waals surface area (Å²) in [4.78, 5) is 10.2. The topological polar surface area (TPSA) is 37.7 Å². The zero-order chi connectivity index (χ0) is 19.5. The number of hydrogen-bond acceptors (Lipinski definition) is 3. The number of benzene rings is 1. The van der Waals surface area contributed by atoms with Gasteiger partial charge in [0.25, 0.3) is 0 Å². The number of alkyl halides is 3. The Labute approximate surface area is 159 Å². The van der Waals surface area contributed by atoms with Gasteiger partial charge in [0.2, 0.25) is 5.88 Å². The number of hydrogen-bond donors (Lipinski definition) is 0. The SMILES string of the molecule is CCN(C)C=Nc1cnc(Oc2ccc(Cl)c(C(F)(F)F)c2)c(Cl)c1C. The van der Waals surface area contributed by atoms with Crippen molar-refractivity contribution in [3.63, 3.8) is 0 Å². The first kappa shape index (κ1) is 20.3. The Morgan fingerprint density at radius 3 is 2.62 bits per heavy atom. The molecule has 1 aromatic heterocycles. The summed E-state index contributed by atoms with van der Waals surface area (Å²) in [6, 6.07) is 3.23. The van der Waals surface area contributed by atoms with Crippen molar-refractivity contribution >= 4 is 35.2 Å².